The number of hydrogen-bond donors (Lipinski definition) is 1. The lowest BCUT2D eigenvalue weighted by Gasteiger charge is -2.32. The zero-order valence-corrected chi connectivity index (χ0v) is 14.9. The first kappa shape index (κ1) is 16.1. The quantitative estimate of drug-likeness (QED) is 0.763. The molecular formula is C17H19ClN6O. The molecule has 1 amide bonds. The lowest BCUT2D eigenvalue weighted by Crippen LogP contribution is -2.39. The van der Waals surface area contributed by atoms with Crippen molar-refractivity contribution < 1.29 is 4.79 Å². The molecule has 4 rings (SSSR count). The van der Waals surface area contributed by atoms with E-state index in [1.165, 1.54) is 0 Å². The number of amides is 1. The maximum Gasteiger partial charge on any atom is 0.254 e. The van der Waals surface area contributed by atoms with Gasteiger partial charge in [0.05, 0.1) is 28.2 Å². The van der Waals surface area contributed by atoms with Crippen molar-refractivity contribution in [2.24, 2.45) is 0 Å². The topological polar surface area (TPSA) is 79.7 Å². The van der Waals surface area contributed by atoms with Crippen molar-refractivity contribution >= 4 is 28.5 Å². The molecule has 0 bridgehead atoms. The van der Waals surface area contributed by atoms with Crippen LogP contribution in [0, 0.1) is 13.8 Å². The zero-order valence-electron chi connectivity index (χ0n) is 14.2. The zero-order chi connectivity index (χ0) is 17.6. The van der Waals surface area contributed by atoms with Crippen LogP contribution in [0.1, 0.15) is 40.6 Å². The van der Waals surface area contributed by atoms with E-state index in [9.17, 15) is 4.79 Å². The highest BCUT2D eigenvalue weighted by Gasteiger charge is 2.27. The second-order valence-corrected chi connectivity index (χ2v) is 6.96. The van der Waals surface area contributed by atoms with Gasteiger partial charge in [-0.05, 0) is 32.8 Å². The van der Waals surface area contributed by atoms with E-state index in [-0.39, 0.29) is 11.9 Å². The molecule has 0 atom stereocenters. The average Bonchev–Trinajstić information content (AvgIpc) is 3.20. The van der Waals surface area contributed by atoms with Crippen molar-refractivity contribution in [1.29, 1.82) is 0 Å². The molecule has 25 heavy (non-hydrogen) atoms. The van der Waals surface area contributed by atoms with Gasteiger partial charge >= 0.3 is 0 Å². The van der Waals surface area contributed by atoms with Gasteiger partial charge < -0.3 is 4.90 Å². The van der Waals surface area contributed by atoms with E-state index in [4.69, 9.17) is 11.6 Å². The maximum absolute atomic E-state index is 13.1. The number of piperidine rings is 1. The highest BCUT2D eigenvalue weighted by molar-refractivity contribution is 6.30. The second-order valence-electron chi connectivity index (χ2n) is 6.52. The van der Waals surface area contributed by atoms with Crippen molar-refractivity contribution in [1.82, 2.24) is 29.9 Å². The second kappa shape index (κ2) is 6.15. The summed E-state index contributed by atoms with van der Waals surface area (Å²) in [6.07, 6.45) is 5.22. The molecule has 1 fully saturated rings. The van der Waals surface area contributed by atoms with Gasteiger partial charge in [0, 0.05) is 30.7 Å². The molecule has 1 N–H and O–H groups in total. The Morgan fingerprint density at radius 3 is 2.76 bits per heavy atom. The van der Waals surface area contributed by atoms with Crippen molar-refractivity contribution in [3.8, 4) is 0 Å². The molecule has 1 saturated heterocycles. The highest BCUT2D eigenvalue weighted by Crippen LogP contribution is 2.26. The number of hydrogen-bond acceptors (Lipinski definition) is 4. The van der Waals surface area contributed by atoms with Crippen LogP contribution in [0.4, 0.5) is 0 Å². The number of carbonyl (C=O) groups is 1. The first-order valence-corrected chi connectivity index (χ1v) is 8.72. The van der Waals surface area contributed by atoms with Crippen molar-refractivity contribution in [2.45, 2.75) is 32.7 Å². The number of halogens is 1. The van der Waals surface area contributed by atoms with Crippen LogP contribution in [-0.4, -0.2) is 48.9 Å². The van der Waals surface area contributed by atoms with E-state index in [1.807, 2.05) is 35.7 Å². The number of aromatic nitrogens is 5. The molecule has 0 aliphatic carbocycles. The monoisotopic (exact) mass is 358 g/mol. The lowest BCUT2D eigenvalue weighted by molar-refractivity contribution is 0.0691. The minimum atomic E-state index is 0.0388. The fourth-order valence-electron chi connectivity index (χ4n) is 3.49. The number of fused-ring (bicyclic) bond motifs is 1. The van der Waals surface area contributed by atoms with Gasteiger partial charge in [0.25, 0.3) is 5.91 Å². The number of rotatable bonds is 2. The Hall–Kier alpha value is -2.41. The molecule has 0 unspecified atom stereocenters. The third-order valence-corrected chi connectivity index (χ3v) is 4.95. The summed E-state index contributed by atoms with van der Waals surface area (Å²) in [5.41, 5.74) is 2.94. The van der Waals surface area contributed by atoms with Crippen molar-refractivity contribution in [3.05, 3.63) is 40.4 Å². The number of nitrogens with zero attached hydrogens (tertiary/aromatic N) is 5. The number of H-pyrrole nitrogens is 1. The van der Waals surface area contributed by atoms with Crippen LogP contribution < -0.4 is 0 Å². The maximum atomic E-state index is 13.1. The van der Waals surface area contributed by atoms with Gasteiger partial charge in [-0.2, -0.15) is 10.2 Å². The van der Waals surface area contributed by atoms with Crippen LogP contribution in [0.3, 0.4) is 0 Å². The summed E-state index contributed by atoms with van der Waals surface area (Å²) >= 11 is 5.95. The lowest BCUT2D eigenvalue weighted by atomic mass is 10.0. The molecule has 7 nitrogen and oxygen atoms in total. The fraction of sp³-hybridized carbons (Fsp3) is 0.412. The Bertz CT molecular complexity index is 938. The molecule has 1 aliphatic rings. The van der Waals surface area contributed by atoms with E-state index in [1.54, 1.807) is 6.20 Å². The third-order valence-electron chi connectivity index (χ3n) is 4.76. The summed E-state index contributed by atoms with van der Waals surface area (Å²) in [6.45, 7) is 5.19. The van der Waals surface area contributed by atoms with Gasteiger partial charge in [0.1, 0.15) is 0 Å². The van der Waals surface area contributed by atoms with Crippen LogP contribution in [-0.2, 0) is 0 Å². The minimum absolute atomic E-state index is 0.0388. The SMILES string of the molecule is Cc1cc(C(=O)N2CCC(n3cc(Cl)cn3)CC2)c2c(C)[nH]nc2n1. The predicted molar refractivity (Wildman–Crippen MR) is 94.8 cm³/mol. The molecule has 0 spiro atoms. The molecule has 0 aromatic carbocycles. The minimum Gasteiger partial charge on any atom is -0.338 e. The smallest absolute Gasteiger partial charge is 0.254 e. The summed E-state index contributed by atoms with van der Waals surface area (Å²) in [5, 5.41) is 12.9. The number of aryl methyl sites for hydroxylation is 2. The van der Waals surface area contributed by atoms with Crippen LogP contribution in [0.5, 0.6) is 0 Å². The molecule has 3 aromatic heterocycles. The van der Waals surface area contributed by atoms with Crippen LogP contribution >= 0.6 is 11.6 Å². The summed E-state index contributed by atoms with van der Waals surface area (Å²) < 4.78 is 1.90. The first-order chi connectivity index (χ1) is 12.0. The fourth-order valence-corrected chi connectivity index (χ4v) is 3.63. The number of pyridine rings is 1. The van der Waals surface area contributed by atoms with E-state index in [0.717, 1.165) is 29.6 Å². The van der Waals surface area contributed by atoms with Gasteiger partial charge in [-0.1, -0.05) is 11.6 Å². The van der Waals surface area contributed by atoms with Gasteiger partial charge in [-0.25, -0.2) is 4.98 Å². The van der Waals surface area contributed by atoms with E-state index in [0.29, 0.717) is 29.3 Å². The highest BCUT2D eigenvalue weighted by atomic mass is 35.5. The summed E-state index contributed by atoms with van der Waals surface area (Å²) in [4.78, 5) is 19.4. The molecule has 0 radical (unpaired) electrons. The largest absolute Gasteiger partial charge is 0.338 e. The third kappa shape index (κ3) is 2.89. The molecule has 130 valence electrons. The van der Waals surface area contributed by atoms with Crippen LogP contribution in [0.15, 0.2) is 18.5 Å². The Morgan fingerprint density at radius 1 is 1.32 bits per heavy atom. The average molecular weight is 359 g/mol. The van der Waals surface area contributed by atoms with Gasteiger partial charge in [-0.15, -0.1) is 0 Å². The molecule has 3 aromatic rings. The molecule has 4 heterocycles. The normalized spacial score (nSPS) is 15.9. The summed E-state index contributed by atoms with van der Waals surface area (Å²) in [7, 11) is 0. The standard InChI is InChI=1S/C17H19ClN6O/c1-10-7-14(15-11(2)21-22-16(15)20-10)17(25)23-5-3-13(4-6-23)24-9-12(18)8-19-24/h7-9,13H,3-6H2,1-2H3,(H,20,21,22). The van der Waals surface area contributed by atoms with Crippen molar-refractivity contribution in [3.63, 3.8) is 0 Å². The molecule has 0 saturated carbocycles. The molecular weight excluding hydrogens is 340 g/mol. The number of likely N-dealkylation sites (tertiary alicyclic amines) is 1. The molecule has 1 aliphatic heterocycles. The van der Waals surface area contributed by atoms with E-state index in [2.05, 4.69) is 20.3 Å². The van der Waals surface area contributed by atoms with E-state index < -0.39 is 0 Å². The Morgan fingerprint density at radius 2 is 2.08 bits per heavy atom. The summed E-state index contributed by atoms with van der Waals surface area (Å²) in [6, 6.07) is 2.14. The van der Waals surface area contributed by atoms with Crippen LogP contribution in [0.25, 0.3) is 11.0 Å². The number of carbonyl (C=O) groups excluding carboxylic acids is 1. The van der Waals surface area contributed by atoms with Crippen molar-refractivity contribution in [2.75, 3.05) is 13.1 Å². The predicted octanol–water partition coefficient (Wildman–Crippen LogP) is 2.90. The van der Waals surface area contributed by atoms with Gasteiger partial charge in [0.2, 0.25) is 0 Å². The Kier molecular flexibility index (Phi) is 3.95. The van der Waals surface area contributed by atoms with Gasteiger partial charge in [0.15, 0.2) is 5.65 Å². The van der Waals surface area contributed by atoms with Gasteiger partial charge in [-0.3, -0.25) is 14.6 Å². The Balaban J connectivity index is 1.56. The first-order valence-electron chi connectivity index (χ1n) is 8.34. The molecule has 8 heteroatoms. The summed E-state index contributed by atoms with van der Waals surface area (Å²) in [5.74, 6) is 0.0388. The number of nitrogens with one attached hydrogen (secondary N) is 1. The Labute approximate surface area is 150 Å². The van der Waals surface area contributed by atoms with E-state index >= 15 is 0 Å². The van der Waals surface area contributed by atoms with Crippen LogP contribution in [0.2, 0.25) is 5.02 Å². The number of aromatic amines is 1.